The zero-order valence-corrected chi connectivity index (χ0v) is 18.2. The third-order valence-electron chi connectivity index (χ3n) is 5.28. The number of rotatable bonds is 5. The van der Waals surface area contributed by atoms with E-state index in [1.807, 2.05) is 12.1 Å². The molecule has 0 saturated carbocycles. The molecular formula is C26H18FNO4S. The monoisotopic (exact) mass is 459 g/mol. The Morgan fingerprint density at radius 1 is 0.970 bits per heavy atom. The number of hydrogen-bond acceptors (Lipinski definition) is 5. The van der Waals surface area contributed by atoms with E-state index in [2.05, 4.69) is 0 Å². The van der Waals surface area contributed by atoms with Crippen molar-refractivity contribution in [2.75, 3.05) is 4.90 Å². The Hall–Kier alpha value is -3.84. The zero-order chi connectivity index (χ0) is 22.8. The number of furan rings is 1. The fourth-order valence-corrected chi connectivity index (χ4v) is 4.67. The summed E-state index contributed by atoms with van der Waals surface area (Å²) in [5, 5.41) is 0. The SMILES string of the molecule is O=C(OCc1ccco1)c1ccc2c(c1)N(Cc1ccccc1F)C(=O)c1ccccc1S2. The number of nitrogens with zero attached hydrogens (tertiary/aromatic N) is 1. The van der Waals surface area contributed by atoms with Gasteiger partial charge in [0.05, 0.1) is 29.6 Å². The lowest BCUT2D eigenvalue weighted by atomic mass is 10.1. The minimum atomic E-state index is -0.542. The average Bonchev–Trinajstić information content (AvgIpc) is 3.32. The van der Waals surface area contributed by atoms with Crippen LogP contribution in [0.3, 0.4) is 0 Å². The number of anilines is 1. The number of esters is 1. The van der Waals surface area contributed by atoms with Crippen LogP contribution in [0.15, 0.2) is 99.3 Å². The quantitative estimate of drug-likeness (QED) is 0.338. The second kappa shape index (κ2) is 8.96. The first-order chi connectivity index (χ1) is 16.1. The highest BCUT2D eigenvalue weighted by Crippen LogP contribution is 2.42. The van der Waals surface area contributed by atoms with E-state index < -0.39 is 11.8 Å². The number of carbonyl (C=O) groups excluding carboxylic acids is 2. The van der Waals surface area contributed by atoms with E-state index in [0.29, 0.717) is 22.6 Å². The Morgan fingerprint density at radius 3 is 2.61 bits per heavy atom. The van der Waals surface area contributed by atoms with Crippen LogP contribution in [0.25, 0.3) is 0 Å². The van der Waals surface area contributed by atoms with Crippen molar-refractivity contribution >= 4 is 29.3 Å². The summed E-state index contributed by atoms with van der Waals surface area (Å²) in [5.41, 5.74) is 1.72. The van der Waals surface area contributed by atoms with Gasteiger partial charge in [0.1, 0.15) is 18.2 Å². The van der Waals surface area contributed by atoms with Crippen molar-refractivity contribution in [2.24, 2.45) is 0 Å². The number of carbonyl (C=O) groups is 2. The van der Waals surface area contributed by atoms with Crippen LogP contribution in [0.5, 0.6) is 0 Å². The van der Waals surface area contributed by atoms with Crippen LogP contribution in [-0.4, -0.2) is 11.9 Å². The molecular weight excluding hydrogens is 441 g/mol. The first-order valence-electron chi connectivity index (χ1n) is 10.3. The number of halogens is 1. The number of benzene rings is 3. The lowest BCUT2D eigenvalue weighted by Gasteiger charge is -2.24. The standard InChI is InChI=1S/C26H18FNO4S/c27-21-9-3-1-6-18(21)15-28-22-14-17(26(30)32-16-19-7-5-13-31-19)11-12-24(22)33-23-10-4-2-8-20(23)25(28)29/h1-14H,15-16H2. The van der Waals surface area contributed by atoms with Crippen LogP contribution >= 0.6 is 11.8 Å². The molecule has 0 atom stereocenters. The molecule has 0 radical (unpaired) electrons. The summed E-state index contributed by atoms with van der Waals surface area (Å²) in [6, 6.07) is 22.1. The lowest BCUT2D eigenvalue weighted by molar-refractivity contribution is 0.0445. The van der Waals surface area contributed by atoms with Gasteiger partial charge >= 0.3 is 5.97 Å². The fourth-order valence-electron chi connectivity index (χ4n) is 3.62. The molecule has 3 aromatic carbocycles. The lowest BCUT2D eigenvalue weighted by Crippen LogP contribution is -2.31. The number of ether oxygens (including phenoxy) is 1. The number of fused-ring (bicyclic) bond motifs is 2. The Bertz CT molecular complexity index is 1340. The van der Waals surface area contributed by atoms with Crippen LogP contribution in [0.2, 0.25) is 0 Å². The average molecular weight is 459 g/mol. The van der Waals surface area contributed by atoms with Gasteiger partial charge in [0, 0.05) is 15.4 Å². The molecule has 1 aliphatic rings. The topological polar surface area (TPSA) is 59.8 Å². The maximum atomic E-state index is 14.5. The molecule has 5 rings (SSSR count). The van der Waals surface area contributed by atoms with E-state index in [1.165, 1.54) is 29.0 Å². The van der Waals surface area contributed by atoms with Crippen molar-refractivity contribution in [3.05, 3.63) is 113 Å². The Kier molecular flexibility index (Phi) is 5.71. The van der Waals surface area contributed by atoms with Crippen molar-refractivity contribution < 1.29 is 23.1 Å². The summed E-state index contributed by atoms with van der Waals surface area (Å²) in [6.07, 6.45) is 1.51. The van der Waals surface area contributed by atoms with Crippen LogP contribution in [0.4, 0.5) is 10.1 Å². The van der Waals surface area contributed by atoms with Crippen molar-refractivity contribution in [1.82, 2.24) is 0 Å². The first-order valence-corrected chi connectivity index (χ1v) is 11.1. The summed E-state index contributed by atoms with van der Waals surface area (Å²) < 4.78 is 25.0. The second-order valence-electron chi connectivity index (χ2n) is 7.42. The van der Waals surface area contributed by atoms with Gasteiger partial charge in [0.2, 0.25) is 0 Å². The van der Waals surface area contributed by atoms with E-state index >= 15 is 0 Å². The molecule has 0 bridgehead atoms. The third-order valence-corrected chi connectivity index (χ3v) is 6.42. The molecule has 1 aromatic heterocycles. The number of amides is 1. The molecule has 0 fully saturated rings. The molecule has 33 heavy (non-hydrogen) atoms. The summed E-state index contributed by atoms with van der Waals surface area (Å²) in [5.74, 6) is -0.674. The van der Waals surface area contributed by atoms with Gasteiger partial charge in [-0.1, -0.05) is 42.1 Å². The normalized spacial score (nSPS) is 12.6. The highest BCUT2D eigenvalue weighted by atomic mass is 32.2. The van der Waals surface area contributed by atoms with Crippen LogP contribution in [-0.2, 0) is 17.9 Å². The summed E-state index contributed by atoms with van der Waals surface area (Å²) in [4.78, 5) is 29.3. The molecule has 1 aliphatic heterocycles. The van der Waals surface area contributed by atoms with Gasteiger partial charge in [0.25, 0.3) is 5.91 Å². The predicted octanol–water partition coefficient (Wildman–Crippen LogP) is 6.09. The van der Waals surface area contributed by atoms with E-state index in [9.17, 15) is 14.0 Å². The molecule has 2 heterocycles. The molecule has 1 amide bonds. The smallest absolute Gasteiger partial charge is 0.338 e. The van der Waals surface area contributed by atoms with Gasteiger partial charge in [-0.2, -0.15) is 0 Å². The predicted molar refractivity (Wildman–Crippen MR) is 122 cm³/mol. The molecule has 0 N–H and O–H groups in total. The maximum Gasteiger partial charge on any atom is 0.338 e. The summed E-state index contributed by atoms with van der Waals surface area (Å²) in [6.45, 7) is 0.0271. The molecule has 0 unspecified atom stereocenters. The molecule has 7 heteroatoms. The Balaban J connectivity index is 1.53. The highest BCUT2D eigenvalue weighted by molar-refractivity contribution is 7.99. The molecule has 0 saturated heterocycles. The van der Waals surface area contributed by atoms with E-state index in [-0.39, 0.29) is 24.6 Å². The summed E-state index contributed by atoms with van der Waals surface area (Å²) in [7, 11) is 0. The van der Waals surface area contributed by atoms with Gasteiger partial charge in [-0.15, -0.1) is 0 Å². The van der Waals surface area contributed by atoms with Crippen LogP contribution < -0.4 is 4.90 Å². The second-order valence-corrected chi connectivity index (χ2v) is 8.50. The van der Waals surface area contributed by atoms with Gasteiger partial charge in [-0.3, -0.25) is 4.79 Å². The van der Waals surface area contributed by atoms with Crippen LogP contribution in [0.1, 0.15) is 32.0 Å². The maximum absolute atomic E-state index is 14.5. The fraction of sp³-hybridized carbons (Fsp3) is 0.0769. The van der Waals surface area contributed by atoms with E-state index in [1.54, 1.807) is 60.7 Å². The Morgan fingerprint density at radius 2 is 1.79 bits per heavy atom. The minimum Gasteiger partial charge on any atom is -0.466 e. The first kappa shape index (κ1) is 21.0. The summed E-state index contributed by atoms with van der Waals surface area (Å²) >= 11 is 1.43. The zero-order valence-electron chi connectivity index (χ0n) is 17.4. The van der Waals surface area contributed by atoms with Crippen LogP contribution in [0, 0.1) is 5.82 Å². The van der Waals surface area contributed by atoms with Crippen molar-refractivity contribution in [1.29, 1.82) is 0 Å². The third kappa shape index (κ3) is 4.27. The molecule has 0 spiro atoms. The van der Waals surface area contributed by atoms with Crippen molar-refractivity contribution in [2.45, 2.75) is 22.9 Å². The van der Waals surface area contributed by atoms with Crippen molar-refractivity contribution in [3.63, 3.8) is 0 Å². The minimum absolute atomic E-state index is 0.000973. The molecule has 164 valence electrons. The van der Waals surface area contributed by atoms with Gasteiger partial charge < -0.3 is 14.1 Å². The van der Waals surface area contributed by atoms with Gasteiger partial charge in [0.15, 0.2) is 0 Å². The van der Waals surface area contributed by atoms with Gasteiger partial charge in [-0.25, -0.2) is 9.18 Å². The number of hydrogen-bond donors (Lipinski definition) is 0. The van der Waals surface area contributed by atoms with E-state index in [4.69, 9.17) is 9.15 Å². The van der Waals surface area contributed by atoms with Crippen molar-refractivity contribution in [3.8, 4) is 0 Å². The van der Waals surface area contributed by atoms with Gasteiger partial charge in [-0.05, 0) is 48.5 Å². The largest absolute Gasteiger partial charge is 0.466 e. The molecule has 4 aromatic rings. The Labute approximate surface area is 193 Å². The molecule has 0 aliphatic carbocycles. The highest BCUT2D eigenvalue weighted by Gasteiger charge is 2.29. The van der Waals surface area contributed by atoms with E-state index in [0.717, 1.165) is 9.79 Å². The molecule has 5 nitrogen and oxygen atoms in total.